The molecule has 0 aromatic rings. The topological polar surface area (TPSA) is 0 Å². The summed E-state index contributed by atoms with van der Waals surface area (Å²) >= 11 is 0. The van der Waals surface area contributed by atoms with Gasteiger partial charge in [-0.1, -0.05) is 0 Å². The van der Waals surface area contributed by atoms with E-state index in [4.69, 9.17) is 0 Å². The molecule has 0 heterocycles. The summed E-state index contributed by atoms with van der Waals surface area (Å²) in [5, 5.41) is 0. The van der Waals surface area contributed by atoms with Crippen LogP contribution >= 0.6 is 0 Å². The molecule has 0 nitrogen and oxygen atoms in total. The Bertz CT molecular complexity index is 5.51. The summed E-state index contributed by atoms with van der Waals surface area (Å²) in [5.41, 5.74) is 0. The summed E-state index contributed by atoms with van der Waals surface area (Å²) < 4.78 is 0. The molecule has 6 heavy (non-hydrogen) atoms. The van der Waals surface area contributed by atoms with Gasteiger partial charge in [-0.05, 0) is 0 Å². The summed E-state index contributed by atoms with van der Waals surface area (Å²) in [7, 11) is 0. The van der Waals surface area contributed by atoms with Crippen LogP contribution in [0.2, 0.25) is 0 Å². The molecule has 0 rings (SSSR count). The molecule has 0 bridgehead atoms. The minimum Gasteiger partial charge on any atom is -1.00 e. The maximum absolute atomic E-state index is 0. The first-order valence-electron chi connectivity index (χ1n) is 0. The van der Waals surface area contributed by atoms with Crippen LogP contribution in [0.15, 0.2) is 0 Å². The number of hydrogen-bond acceptors (Lipinski definition) is 0. The van der Waals surface area contributed by atoms with E-state index < -0.39 is 0 Å². The van der Waals surface area contributed by atoms with Crippen molar-refractivity contribution >= 4 is 20.2 Å². The first-order valence-corrected chi connectivity index (χ1v) is 0. The normalized spacial score (nSPS) is 0. The molecule has 0 aliphatic heterocycles. The second kappa shape index (κ2) is 41.0. The van der Waals surface area contributed by atoms with Crippen LogP contribution in [0.5, 0.6) is 0 Å². The maximum Gasteiger partial charge on any atom is 2.00 e. The molecule has 0 saturated heterocycles. The van der Waals surface area contributed by atoms with E-state index in [1.807, 2.05) is 0 Å². The van der Waals surface area contributed by atoms with Gasteiger partial charge in [-0.3, -0.25) is 0 Å². The Morgan fingerprint density at radius 3 is 0.333 bits per heavy atom. The zero-order valence-electron chi connectivity index (χ0n) is 2.93. The zero-order chi connectivity index (χ0) is 0. The van der Waals surface area contributed by atoms with Gasteiger partial charge in [-0.2, -0.15) is 0 Å². The van der Waals surface area contributed by atoms with E-state index in [1.165, 1.54) is 0 Å². The Kier molecular flexibility index (Phi) is 406. The fraction of sp³-hybridized carbons (Fsp3) is 0. The van der Waals surface area contributed by atoms with Crippen LogP contribution in [0.25, 0.3) is 0 Å². The fourth-order valence-corrected chi connectivity index (χ4v) is 0. The smallest absolute Gasteiger partial charge is 1.00 e. The van der Waals surface area contributed by atoms with Gasteiger partial charge in [0.2, 0.25) is 0 Å². The fourth-order valence-electron chi connectivity index (χ4n) is 0. The standard InChI is InChI=1S/2Be.4HI/h;;4*1H/q2*+2;;;;/p-4. The van der Waals surface area contributed by atoms with Crippen LogP contribution in [0.4, 0.5) is 0 Å². The van der Waals surface area contributed by atoms with Gasteiger partial charge in [-0.15, -0.1) is 0 Å². The second-order valence-electron chi connectivity index (χ2n) is 0. The zero-order valence-corrected chi connectivity index (χ0v) is 11.6. The molecule has 0 unspecified atom stereocenters. The molecule has 0 spiro atoms. The van der Waals surface area contributed by atoms with Gasteiger partial charge in [0, 0.05) is 0 Å². The Balaban J connectivity index is 0. The van der Waals surface area contributed by atoms with E-state index in [-0.39, 0.29) is 116 Å². The number of halogens is 4. The Labute approximate surface area is 114 Å². The van der Waals surface area contributed by atoms with Gasteiger partial charge in [0.1, 0.15) is 0 Å². The minimum atomic E-state index is 0. The average molecular weight is 526 g/mol. The summed E-state index contributed by atoms with van der Waals surface area (Å²) in [6, 6.07) is 0. The van der Waals surface area contributed by atoms with Crippen LogP contribution < -0.4 is 95.9 Å². The molecular weight excluding hydrogens is 526 g/mol. The van der Waals surface area contributed by atoms with Crippen molar-refractivity contribution in [2.24, 2.45) is 0 Å². The van der Waals surface area contributed by atoms with E-state index in [9.17, 15) is 0 Å². The van der Waals surface area contributed by atoms with Gasteiger partial charge < -0.3 is 95.9 Å². The van der Waals surface area contributed by atoms with Gasteiger partial charge in [0.25, 0.3) is 0 Å². The summed E-state index contributed by atoms with van der Waals surface area (Å²) in [6.45, 7) is 0. The third-order valence-corrected chi connectivity index (χ3v) is 0. The van der Waals surface area contributed by atoms with Crippen molar-refractivity contribution in [2.75, 3.05) is 0 Å². The summed E-state index contributed by atoms with van der Waals surface area (Å²) in [5.74, 6) is 0. The van der Waals surface area contributed by atoms with Crippen molar-refractivity contribution < 1.29 is 95.9 Å². The molecule has 32 valence electrons. The predicted molar refractivity (Wildman–Crippen MR) is 11.5 cm³/mol. The Hall–Kier alpha value is 3.26. The van der Waals surface area contributed by atoms with Crippen molar-refractivity contribution in [1.82, 2.24) is 0 Å². The monoisotopic (exact) mass is 526 g/mol. The Morgan fingerprint density at radius 2 is 0.333 bits per heavy atom. The number of rotatable bonds is 0. The van der Waals surface area contributed by atoms with Crippen LogP contribution in [0.3, 0.4) is 0 Å². The van der Waals surface area contributed by atoms with E-state index in [0.717, 1.165) is 0 Å². The summed E-state index contributed by atoms with van der Waals surface area (Å²) in [6.07, 6.45) is 0. The predicted octanol–water partition coefficient (Wildman–Crippen LogP) is -12.7. The van der Waals surface area contributed by atoms with Crippen molar-refractivity contribution in [1.29, 1.82) is 0 Å². The van der Waals surface area contributed by atoms with Gasteiger partial charge in [0.15, 0.2) is 0 Å². The molecule has 0 radical (unpaired) electrons. The Morgan fingerprint density at radius 1 is 0.333 bits per heavy atom. The van der Waals surface area contributed by atoms with E-state index in [1.54, 1.807) is 0 Å². The molecule has 0 aliphatic carbocycles. The molecule has 6 heteroatoms. The quantitative estimate of drug-likeness (QED) is 0.218. The molecule has 0 aliphatic rings. The number of hydrogen-bond donors (Lipinski definition) is 0. The van der Waals surface area contributed by atoms with Gasteiger partial charge >= 0.3 is 20.2 Å². The SMILES string of the molecule is [Be+2].[Be+2].[I-].[I-].[I-].[I-]. The van der Waals surface area contributed by atoms with E-state index in [2.05, 4.69) is 0 Å². The molecule has 0 aromatic heterocycles. The third kappa shape index (κ3) is 26.8. The second-order valence-corrected chi connectivity index (χ2v) is 0. The van der Waals surface area contributed by atoms with Crippen molar-refractivity contribution in [3.63, 3.8) is 0 Å². The molecular formula is Be2I4. The molecule has 0 saturated carbocycles. The third-order valence-electron chi connectivity index (χ3n) is 0. The van der Waals surface area contributed by atoms with Crippen LogP contribution in [-0.2, 0) is 0 Å². The molecule has 0 N–H and O–H groups in total. The molecule has 0 atom stereocenters. The van der Waals surface area contributed by atoms with Crippen LogP contribution in [0, 0.1) is 0 Å². The minimum absolute atomic E-state index is 0. The average Bonchev–Trinajstić information content (AvgIpc) is 0. The summed E-state index contributed by atoms with van der Waals surface area (Å²) in [4.78, 5) is 0. The van der Waals surface area contributed by atoms with Crippen molar-refractivity contribution in [2.45, 2.75) is 0 Å². The maximum atomic E-state index is 0. The van der Waals surface area contributed by atoms with Crippen molar-refractivity contribution in [3.05, 3.63) is 0 Å². The van der Waals surface area contributed by atoms with Crippen molar-refractivity contribution in [3.8, 4) is 0 Å². The molecule has 0 amide bonds. The molecule has 0 fully saturated rings. The van der Waals surface area contributed by atoms with Gasteiger partial charge in [-0.25, -0.2) is 0 Å². The van der Waals surface area contributed by atoms with E-state index >= 15 is 0 Å². The first-order chi connectivity index (χ1) is 0. The van der Waals surface area contributed by atoms with Crippen LogP contribution in [0.1, 0.15) is 0 Å². The van der Waals surface area contributed by atoms with Crippen LogP contribution in [-0.4, -0.2) is 20.2 Å². The van der Waals surface area contributed by atoms with Gasteiger partial charge in [0.05, 0.1) is 0 Å². The largest absolute Gasteiger partial charge is 2.00 e. The first kappa shape index (κ1) is 59.5. The van der Waals surface area contributed by atoms with E-state index in [0.29, 0.717) is 0 Å². The molecule has 0 aromatic carbocycles.